The third kappa shape index (κ3) is 4.04. The van der Waals surface area contributed by atoms with E-state index in [-0.39, 0.29) is 18.0 Å². The number of amides is 1. The molecule has 1 aliphatic carbocycles. The molecule has 1 aliphatic rings. The maximum atomic E-state index is 12.4. The standard InChI is InChI=1S/C21H26N2O/c1-15(18-13-12-17-8-6-7-9-19(17)14-18)22-16(2)21(24)23-20-10-4-3-5-11-20/h3-5,10-16,22H,6-9H2,1-2H3,(H,23,24)/p+1/t15-,16+/m0/s1. The second kappa shape index (κ2) is 7.63. The summed E-state index contributed by atoms with van der Waals surface area (Å²) in [5, 5.41) is 5.12. The van der Waals surface area contributed by atoms with Gasteiger partial charge in [-0.1, -0.05) is 30.3 Å². The van der Waals surface area contributed by atoms with Crippen LogP contribution >= 0.6 is 0 Å². The maximum absolute atomic E-state index is 12.4. The Labute approximate surface area is 144 Å². The highest BCUT2D eigenvalue weighted by molar-refractivity contribution is 5.93. The van der Waals surface area contributed by atoms with E-state index in [1.54, 1.807) is 0 Å². The van der Waals surface area contributed by atoms with Crippen LogP contribution in [0.2, 0.25) is 0 Å². The number of fused-ring (bicyclic) bond motifs is 1. The van der Waals surface area contributed by atoms with Gasteiger partial charge in [0.05, 0.1) is 0 Å². The van der Waals surface area contributed by atoms with E-state index in [4.69, 9.17) is 0 Å². The van der Waals surface area contributed by atoms with E-state index in [0.717, 1.165) is 5.69 Å². The van der Waals surface area contributed by atoms with E-state index >= 15 is 0 Å². The van der Waals surface area contributed by atoms with Crippen molar-refractivity contribution in [3.63, 3.8) is 0 Å². The first-order chi connectivity index (χ1) is 11.6. The van der Waals surface area contributed by atoms with Gasteiger partial charge in [-0.25, -0.2) is 0 Å². The van der Waals surface area contributed by atoms with E-state index in [9.17, 15) is 4.79 Å². The van der Waals surface area contributed by atoms with E-state index in [1.165, 1.54) is 42.4 Å². The number of carbonyl (C=O) groups is 1. The van der Waals surface area contributed by atoms with Crippen molar-refractivity contribution in [2.45, 2.75) is 51.6 Å². The Hall–Kier alpha value is -2.13. The van der Waals surface area contributed by atoms with Crippen LogP contribution < -0.4 is 10.6 Å². The van der Waals surface area contributed by atoms with Crippen molar-refractivity contribution in [3.05, 3.63) is 65.2 Å². The molecule has 3 heteroatoms. The molecule has 24 heavy (non-hydrogen) atoms. The van der Waals surface area contributed by atoms with Crippen LogP contribution in [0.1, 0.15) is 49.4 Å². The van der Waals surface area contributed by atoms with Crippen LogP contribution in [0.5, 0.6) is 0 Å². The predicted molar refractivity (Wildman–Crippen MR) is 98.0 cm³/mol. The smallest absolute Gasteiger partial charge is 0.282 e. The fourth-order valence-electron chi connectivity index (χ4n) is 3.45. The van der Waals surface area contributed by atoms with Gasteiger partial charge >= 0.3 is 0 Å². The molecular weight excluding hydrogens is 296 g/mol. The zero-order chi connectivity index (χ0) is 16.9. The highest BCUT2D eigenvalue weighted by atomic mass is 16.2. The number of anilines is 1. The lowest BCUT2D eigenvalue weighted by atomic mass is 9.89. The number of nitrogens with two attached hydrogens (primary N) is 1. The molecule has 1 amide bonds. The highest BCUT2D eigenvalue weighted by Crippen LogP contribution is 2.23. The first-order valence-corrected chi connectivity index (χ1v) is 8.96. The molecule has 0 saturated carbocycles. The van der Waals surface area contributed by atoms with Crippen LogP contribution in [-0.2, 0) is 17.6 Å². The minimum atomic E-state index is -0.128. The minimum Gasteiger partial charge on any atom is -0.330 e. The minimum absolute atomic E-state index is 0.0472. The quantitative estimate of drug-likeness (QED) is 0.872. The van der Waals surface area contributed by atoms with Gasteiger partial charge in [-0.2, -0.15) is 0 Å². The Morgan fingerprint density at radius 3 is 2.46 bits per heavy atom. The molecule has 2 aromatic carbocycles. The summed E-state index contributed by atoms with van der Waals surface area (Å²) in [7, 11) is 0. The van der Waals surface area contributed by atoms with Crippen LogP contribution in [0.3, 0.4) is 0 Å². The molecule has 0 unspecified atom stereocenters. The summed E-state index contributed by atoms with van der Waals surface area (Å²) in [6.07, 6.45) is 5.01. The van der Waals surface area contributed by atoms with Crippen molar-refractivity contribution in [1.82, 2.24) is 0 Å². The molecular formula is C21H27N2O+. The summed E-state index contributed by atoms with van der Waals surface area (Å²) in [5.74, 6) is 0.0472. The number of carbonyl (C=O) groups excluding carboxylic acids is 1. The van der Waals surface area contributed by atoms with Crippen LogP contribution in [0.25, 0.3) is 0 Å². The molecule has 0 spiro atoms. The first-order valence-electron chi connectivity index (χ1n) is 8.96. The third-order valence-corrected chi connectivity index (χ3v) is 4.93. The monoisotopic (exact) mass is 323 g/mol. The van der Waals surface area contributed by atoms with Gasteiger partial charge in [0.2, 0.25) is 0 Å². The number of rotatable bonds is 5. The summed E-state index contributed by atoms with van der Waals surface area (Å²) in [6, 6.07) is 16.6. The van der Waals surface area contributed by atoms with Gasteiger partial charge in [0.1, 0.15) is 6.04 Å². The van der Waals surface area contributed by atoms with E-state index in [0.29, 0.717) is 0 Å². The van der Waals surface area contributed by atoms with Crippen molar-refractivity contribution in [3.8, 4) is 0 Å². The molecule has 0 aromatic heterocycles. The lowest BCUT2D eigenvalue weighted by Gasteiger charge is -2.20. The SMILES string of the molecule is C[C@H]([NH2+][C@H](C)C(=O)Nc1ccccc1)c1ccc2c(c1)CCCC2. The molecule has 0 aliphatic heterocycles. The predicted octanol–water partition coefficient (Wildman–Crippen LogP) is 3.22. The van der Waals surface area contributed by atoms with Crippen LogP contribution in [0, 0.1) is 0 Å². The zero-order valence-corrected chi connectivity index (χ0v) is 14.6. The van der Waals surface area contributed by atoms with Gasteiger partial charge in [-0.3, -0.25) is 4.79 Å². The van der Waals surface area contributed by atoms with Gasteiger partial charge < -0.3 is 10.6 Å². The van der Waals surface area contributed by atoms with E-state index in [1.807, 2.05) is 37.3 Å². The second-order valence-corrected chi connectivity index (χ2v) is 6.86. The molecule has 0 heterocycles. The molecule has 3 N–H and O–H groups in total. The average molecular weight is 323 g/mol. The van der Waals surface area contributed by atoms with Gasteiger partial charge in [0.15, 0.2) is 6.04 Å². The number of hydrogen-bond acceptors (Lipinski definition) is 1. The Balaban J connectivity index is 1.61. The topological polar surface area (TPSA) is 45.7 Å². The third-order valence-electron chi connectivity index (χ3n) is 4.93. The Morgan fingerprint density at radius 2 is 1.71 bits per heavy atom. The van der Waals surface area contributed by atoms with Crippen molar-refractivity contribution in [2.24, 2.45) is 0 Å². The normalized spacial score (nSPS) is 16.1. The number of hydrogen-bond donors (Lipinski definition) is 2. The van der Waals surface area contributed by atoms with Crippen LogP contribution in [-0.4, -0.2) is 11.9 Å². The number of para-hydroxylation sites is 1. The van der Waals surface area contributed by atoms with E-state index in [2.05, 4.69) is 35.8 Å². The molecule has 0 fully saturated rings. The lowest BCUT2D eigenvalue weighted by molar-refractivity contribution is -0.709. The molecule has 2 aromatic rings. The van der Waals surface area contributed by atoms with Gasteiger partial charge in [0.25, 0.3) is 5.91 Å². The summed E-state index contributed by atoms with van der Waals surface area (Å²) in [4.78, 5) is 12.4. The second-order valence-electron chi connectivity index (χ2n) is 6.86. The lowest BCUT2D eigenvalue weighted by Crippen LogP contribution is -2.91. The van der Waals surface area contributed by atoms with Crippen molar-refractivity contribution in [2.75, 3.05) is 5.32 Å². The molecule has 0 saturated heterocycles. The van der Waals surface area contributed by atoms with Crippen molar-refractivity contribution in [1.29, 1.82) is 0 Å². The Kier molecular flexibility index (Phi) is 5.31. The summed E-state index contributed by atoms with van der Waals surface area (Å²) < 4.78 is 0. The highest BCUT2D eigenvalue weighted by Gasteiger charge is 2.21. The molecule has 2 atom stereocenters. The molecule has 0 radical (unpaired) electrons. The van der Waals surface area contributed by atoms with Gasteiger partial charge in [0, 0.05) is 11.3 Å². The Bertz CT molecular complexity index is 696. The number of nitrogens with one attached hydrogen (secondary N) is 1. The molecule has 126 valence electrons. The number of quaternary nitrogens is 1. The zero-order valence-electron chi connectivity index (χ0n) is 14.6. The van der Waals surface area contributed by atoms with Gasteiger partial charge in [-0.05, 0) is 68.9 Å². The van der Waals surface area contributed by atoms with E-state index < -0.39 is 0 Å². The maximum Gasteiger partial charge on any atom is 0.282 e. The summed E-state index contributed by atoms with van der Waals surface area (Å²) in [5.41, 5.74) is 5.17. The average Bonchev–Trinajstić information content (AvgIpc) is 2.62. The van der Waals surface area contributed by atoms with Crippen molar-refractivity contribution < 1.29 is 10.1 Å². The molecule has 3 rings (SSSR count). The summed E-state index contributed by atoms with van der Waals surface area (Å²) >= 11 is 0. The van der Waals surface area contributed by atoms with Crippen LogP contribution in [0.4, 0.5) is 5.69 Å². The van der Waals surface area contributed by atoms with Crippen LogP contribution in [0.15, 0.2) is 48.5 Å². The fourth-order valence-corrected chi connectivity index (χ4v) is 3.45. The number of benzene rings is 2. The first kappa shape index (κ1) is 16.7. The van der Waals surface area contributed by atoms with Crippen molar-refractivity contribution >= 4 is 11.6 Å². The fraction of sp³-hybridized carbons (Fsp3) is 0.381. The molecule has 3 nitrogen and oxygen atoms in total. The summed E-state index contributed by atoms with van der Waals surface area (Å²) in [6.45, 7) is 4.14. The number of aryl methyl sites for hydroxylation is 2. The largest absolute Gasteiger partial charge is 0.330 e. The van der Waals surface area contributed by atoms with Gasteiger partial charge in [-0.15, -0.1) is 0 Å². The Morgan fingerprint density at radius 1 is 1.00 bits per heavy atom. The molecule has 0 bridgehead atoms.